The van der Waals surface area contributed by atoms with Crippen molar-refractivity contribution in [2.24, 2.45) is 0 Å². The van der Waals surface area contributed by atoms with Crippen LogP contribution in [0, 0.1) is 6.92 Å². The lowest BCUT2D eigenvalue weighted by Crippen LogP contribution is -2.44. The normalized spacial score (nSPS) is 17.4. The highest BCUT2D eigenvalue weighted by molar-refractivity contribution is 5.95. The number of likely N-dealkylation sites (tertiary alicyclic amines) is 1. The highest BCUT2D eigenvalue weighted by atomic mass is 16.3. The van der Waals surface area contributed by atoms with E-state index in [1.54, 1.807) is 29.0 Å². The average molecular weight is 364 g/mol. The summed E-state index contributed by atoms with van der Waals surface area (Å²) in [6.45, 7) is 2.71. The molecule has 0 saturated carbocycles. The highest BCUT2D eigenvalue weighted by Crippen LogP contribution is 2.25. The zero-order chi connectivity index (χ0) is 18.8. The molecule has 3 heterocycles. The average Bonchev–Trinajstić information content (AvgIpc) is 3.17. The number of fused-ring (bicyclic) bond motifs is 1. The van der Waals surface area contributed by atoms with E-state index in [4.69, 9.17) is 0 Å². The summed E-state index contributed by atoms with van der Waals surface area (Å²) >= 11 is 0. The topological polar surface area (TPSA) is 70.7 Å². The number of piperidine rings is 1. The third-order valence-electron chi connectivity index (χ3n) is 5.48. The molecule has 3 aromatic rings. The molecule has 1 fully saturated rings. The van der Waals surface area contributed by atoms with Crippen molar-refractivity contribution >= 4 is 11.6 Å². The fourth-order valence-electron chi connectivity index (χ4n) is 3.92. The Morgan fingerprint density at radius 1 is 1.22 bits per heavy atom. The molecular weight excluding hydrogens is 340 g/mol. The van der Waals surface area contributed by atoms with E-state index < -0.39 is 0 Å². The predicted molar refractivity (Wildman–Crippen MR) is 103 cm³/mol. The van der Waals surface area contributed by atoms with Gasteiger partial charge in [-0.3, -0.25) is 4.79 Å². The van der Waals surface area contributed by atoms with Crippen molar-refractivity contribution in [1.29, 1.82) is 0 Å². The molecule has 1 atom stereocenters. The van der Waals surface area contributed by atoms with E-state index in [1.807, 2.05) is 30.0 Å². The van der Waals surface area contributed by atoms with Gasteiger partial charge in [-0.25, -0.2) is 9.50 Å². The summed E-state index contributed by atoms with van der Waals surface area (Å²) in [4.78, 5) is 19.7. The minimum Gasteiger partial charge on any atom is -0.508 e. The van der Waals surface area contributed by atoms with E-state index in [9.17, 15) is 9.90 Å². The van der Waals surface area contributed by atoms with Crippen molar-refractivity contribution in [3.63, 3.8) is 0 Å². The standard InChI is InChI=1S/C21H24N4O2/c1-15-19(14-22-20-11-12-23-25(15)20)21(27)24-13-3-2-4-17(24)8-5-16-6-9-18(26)10-7-16/h6-7,9-12,14,17,26H,2-5,8,13H2,1H3. The molecule has 1 aliphatic rings. The van der Waals surface area contributed by atoms with Gasteiger partial charge in [0.1, 0.15) is 5.75 Å². The molecule has 1 N–H and O–H groups in total. The fraction of sp³-hybridized carbons (Fsp3) is 0.381. The van der Waals surface area contributed by atoms with Gasteiger partial charge in [-0.05, 0) is 56.7 Å². The van der Waals surface area contributed by atoms with Crippen molar-refractivity contribution in [1.82, 2.24) is 19.5 Å². The number of nitrogens with zero attached hydrogens (tertiary/aromatic N) is 4. The summed E-state index contributed by atoms with van der Waals surface area (Å²) < 4.78 is 1.72. The van der Waals surface area contributed by atoms with Crippen molar-refractivity contribution in [3.8, 4) is 5.75 Å². The number of hydrogen-bond acceptors (Lipinski definition) is 4. The van der Waals surface area contributed by atoms with Gasteiger partial charge >= 0.3 is 0 Å². The van der Waals surface area contributed by atoms with Crippen molar-refractivity contribution in [2.45, 2.75) is 45.1 Å². The van der Waals surface area contributed by atoms with Crippen LogP contribution in [0.5, 0.6) is 5.75 Å². The van der Waals surface area contributed by atoms with E-state index in [1.165, 1.54) is 5.56 Å². The molecule has 4 rings (SSSR count). The quantitative estimate of drug-likeness (QED) is 0.770. The van der Waals surface area contributed by atoms with E-state index >= 15 is 0 Å². The second-order valence-corrected chi connectivity index (χ2v) is 7.21. The Balaban J connectivity index is 1.53. The lowest BCUT2D eigenvalue weighted by Gasteiger charge is -2.36. The van der Waals surface area contributed by atoms with Gasteiger partial charge in [0.25, 0.3) is 5.91 Å². The molecule has 1 unspecified atom stereocenters. The summed E-state index contributed by atoms with van der Waals surface area (Å²) in [6.07, 6.45) is 8.42. The van der Waals surface area contributed by atoms with E-state index in [-0.39, 0.29) is 17.7 Å². The summed E-state index contributed by atoms with van der Waals surface area (Å²) in [6, 6.07) is 9.39. The minimum atomic E-state index is 0.0489. The molecule has 0 radical (unpaired) electrons. The Bertz CT molecular complexity index is 948. The number of aromatic hydroxyl groups is 1. The SMILES string of the molecule is Cc1c(C(=O)N2CCCCC2CCc2ccc(O)cc2)cnc2ccnn12. The van der Waals surface area contributed by atoms with Gasteiger partial charge in [0.05, 0.1) is 17.5 Å². The van der Waals surface area contributed by atoms with Gasteiger partial charge < -0.3 is 10.0 Å². The Hall–Kier alpha value is -2.89. The van der Waals surface area contributed by atoms with Crippen LogP contribution in [-0.4, -0.2) is 43.1 Å². The first-order valence-corrected chi connectivity index (χ1v) is 9.52. The zero-order valence-corrected chi connectivity index (χ0v) is 15.5. The second kappa shape index (κ2) is 7.39. The van der Waals surface area contributed by atoms with E-state index in [0.29, 0.717) is 5.56 Å². The van der Waals surface area contributed by atoms with E-state index in [0.717, 1.165) is 50.0 Å². The first-order valence-electron chi connectivity index (χ1n) is 9.52. The molecular formula is C21H24N4O2. The van der Waals surface area contributed by atoms with Crippen LogP contribution in [0.1, 0.15) is 47.3 Å². The molecule has 27 heavy (non-hydrogen) atoms. The van der Waals surface area contributed by atoms with Gasteiger partial charge in [-0.2, -0.15) is 5.10 Å². The van der Waals surface area contributed by atoms with Crippen LogP contribution in [0.15, 0.2) is 42.7 Å². The summed E-state index contributed by atoms with van der Waals surface area (Å²) in [5, 5.41) is 13.7. The van der Waals surface area contributed by atoms with Crippen LogP contribution >= 0.6 is 0 Å². The number of benzene rings is 1. The largest absolute Gasteiger partial charge is 0.508 e. The summed E-state index contributed by atoms with van der Waals surface area (Å²) in [5.41, 5.74) is 3.40. The first kappa shape index (κ1) is 17.5. The molecule has 1 amide bonds. The van der Waals surface area contributed by atoms with Crippen LogP contribution in [0.4, 0.5) is 0 Å². The predicted octanol–water partition coefficient (Wildman–Crippen LogP) is 3.37. The number of phenols is 1. The van der Waals surface area contributed by atoms with Crippen LogP contribution in [0.2, 0.25) is 0 Å². The highest BCUT2D eigenvalue weighted by Gasteiger charge is 2.28. The Morgan fingerprint density at radius 2 is 2.04 bits per heavy atom. The van der Waals surface area contributed by atoms with Crippen LogP contribution in [0.3, 0.4) is 0 Å². The Morgan fingerprint density at radius 3 is 2.85 bits per heavy atom. The molecule has 1 aromatic carbocycles. The maximum absolute atomic E-state index is 13.3. The molecule has 6 heteroatoms. The Kier molecular flexibility index (Phi) is 4.79. The van der Waals surface area contributed by atoms with Gasteiger partial charge in [0.2, 0.25) is 0 Å². The number of phenolic OH excluding ortho intramolecular Hbond substituents is 1. The van der Waals surface area contributed by atoms with Gasteiger partial charge in [-0.1, -0.05) is 12.1 Å². The smallest absolute Gasteiger partial charge is 0.257 e. The van der Waals surface area contributed by atoms with E-state index in [2.05, 4.69) is 10.1 Å². The number of rotatable bonds is 4. The van der Waals surface area contributed by atoms with Crippen LogP contribution in [0.25, 0.3) is 5.65 Å². The molecule has 0 bridgehead atoms. The molecule has 140 valence electrons. The minimum absolute atomic E-state index is 0.0489. The fourth-order valence-corrected chi connectivity index (χ4v) is 3.92. The van der Waals surface area contributed by atoms with Crippen LogP contribution in [-0.2, 0) is 6.42 Å². The van der Waals surface area contributed by atoms with Gasteiger partial charge in [0, 0.05) is 24.8 Å². The lowest BCUT2D eigenvalue weighted by molar-refractivity contribution is 0.0600. The molecule has 0 spiro atoms. The number of amides is 1. The van der Waals surface area contributed by atoms with Crippen LogP contribution < -0.4 is 0 Å². The van der Waals surface area contributed by atoms with Crippen molar-refractivity contribution < 1.29 is 9.90 Å². The number of carbonyl (C=O) groups excluding carboxylic acids is 1. The molecule has 0 aliphatic carbocycles. The Labute approximate surface area is 158 Å². The number of aryl methyl sites for hydroxylation is 2. The molecule has 1 aliphatic heterocycles. The summed E-state index contributed by atoms with van der Waals surface area (Å²) in [5.74, 6) is 0.331. The van der Waals surface area contributed by atoms with Crippen molar-refractivity contribution in [3.05, 3.63) is 59.5 Å². The lowest BCUT2D eigenvalue weighted by atomic mass is 9.95. The monoisotopic (exact) mass is 364 g/mol. The third-order valence-corrected chi connectivity index (χ3v) is 5.48. The molecule has 6 nitrogen and oxygen atoms in total. The molecule has 2 aromatic heterocycles. The van der Waals surface area contributed by atoms with Gasteiger partial charge in [-0.15, -0.1) is 0 Å². The maximum atomic E-state index is 13.3. The summed E-state index contributed by atoms with van der Waals surface area (Å²) in [7, 11) is 0. The zero-order valence-electron chi connectivity index (χ0n) is 15.5. The first-order chi connectivity index (χ1) is 13.1. The number of carbonyl (C=O) groups is 1. The number of aromatic nitrogens is 3. The molecule has 1 saturated heterocycles. The van der Waals surface area contributed by atoms with Gasteiger partial charge in [0.15, 0.2) is 5.65 Å². The number of hydrogen-bond donors (Lipinski definition) is 1. The second-order valence-electron chi connectivity index (χ2n) is 7.21. The maximum Gasteiger partial charge on any atom is 0.257 e. The third kappa shape index (κ3) is 3.52. The van der Waals surface area contributed by atoms with Crippen molar-refractivity contribution in [2.75, 3.05) is 6.54 Å².